The van der Waals surface area contributed by atoms with E-state index in [0.717, 1.165) is 28.8 Å². The number of imidazole rings is 1. The summed E-state index contributed by atoms with van der Waals surface area (Å²) in [6, 6.07) is 7.77. The van der Waals surface area contributed by atoms with Gasteiger partial charge in [0.15, 0.2) is 5.82 Å². The molecule has 0 bridgehead atoms. The Morgan fingerprint density at radius 2 is 1.88 bits per heavy atom. The van der Waals surface area contributed by atoms with Crippen molar-refractivity contribution in [3.05, 3.63) is 30.1 Å². The number of pyridine rings is 1. The van der Waals surface area contributed by atoms with Gasteiger partial charge >= 0.3 is 6.09 Å². The highest BCUT2D eigenvalue weighted by Gasteiger charge is 2.21. The van der Waals surface area contributed by atoms with Crippen LogP contribution in [0.1, 0.15) is 47.4 Å². The number of carbonyl (C=O) groups excluding carboxylic acids is 2. The van der Waals surface area contributed by atoms with E-state index >= 15 is 0 Å². The molecule has 0 saturated carbocycles. The van der Waals surface area contributed by atoms with Crippen LogP contribution in [-0.2, 0) is 27.4 Å². The van der Waals surface area contributed by atoms with Crippen LogP contribution in [0.3, 0.4) is 0 Å². The molecule has 1 aromatic carbocycles. The molecular formula is C24H33N5O4. The monoisotopic (exact) mass is 455 g/mol. The van der Waals surface area contributed by atoms with Gasteiger partial charge in [-0.3, -0.25) is 4.79 Å². The van der Waals surface area contributed by atoms with Crippen molar-refractivity contribution < 1.29 is 19.1 Å². The predicted octanol–water partition coefficient (Wildman–Crippen LogP) is 4.24. The van der Waals surface area contributed by atoms with Gasteiger partial charge in [-0.1, -0.05) is 32.0 Å². The van der Waals surface area contributed by atoms with Crippen LogP contribution in [-0.4, -0.2) is 45.3 Å². The number of rotatable bonds is 8. The van der Waals surface area contributed by atoms with E-state index in [1.54, 1.807) is 20.8 Å². The van der Waals surface area contributed by atoms with Gasteiger partial charge < -0.3 is 24.7 Å². The van der Waals surface area contributed by atoms with Gasteiger partial charge in [0.05, 0.1) is 11.0 Å². The minimum absolute atomic E-state index is 0.247. The van der Waals surface area contributed by atoms with Gasteiger partial charge in [-0.25, -0.2) is 14.8 Å². The van der Waals surface area contributed by atoms with Crippen molar-refractivity contribution in [2.75, 3.05) is 18.5 Å². The minimum atomic E-state index is -0.658. The number of carbonyl (C=O) groups is 2. The molecule has 0 fully saturated rings. The number of fused-ring (bicyclic) bond motifs is 3. The third-order valence-corrected chi connectivity index (χ3v) is 4.70. The molecule has 9 heteroatoms. The summed E-state index contributed by atoms with van der Waals surface area (Å²) in [4.78, 5) is 34.0. The van der Waals surface area contributed by atoms with E-state index in [1.165, 1.54) is 0 Å². The predicted molar refractivity (Wildman–Crippen MR) is 128 cm³/mol. The molecule has 178 valence electrons. The Bertz CT molecular complexity index is 1150. The zero-order chi connectivity index (χ0) is 24.2. The minimum Gasteiger partial charge on any atom is -0.444 e. The zero-order valence-electron chi connectivity index (χ0n) is 20.2. The van der Waals surface area contributed by atoms with Crippen LogP contribution in [0.2, 0.25) is 0 Å². The molecule has 0 spiro atoms. The molecule has 0 unspecified atom stereocenters. The molecule has 2 heterocycles. The number of aromatic nitrogens is 3. The smallest absolute Gasteiger partial charge is 0.408 e. The molecule has 33 heavy (non-hydrogen) atoms. The molecule has 2 N–H and O–H groups in total. The van der Waals surface area contributed by atoms with Crippen LogP contribution in [0.5, 0.6) is 0 Å². The molecule has 0 radical (unpaired) electrons. The number of ether oxygens (including phenoxy) is 2. The Balaban J connectivity index is 1.98. The highest BCUT2D eigenvalue weighted by Crippen LogP contribution is 2.31. The number of hydrogen-bond acceptors (Lipinski definition) is 6. The highest BCUT2D eigenvalue weighted by atomic mass is 16.6. The first-order chi connectivity index (χ1) is 15.6. The number of nitrogens with zero attached hydrogens (tertiary/aromatic N) is 3. The normalized spacial score (nSPS) is 11.8. The summed E-state index contributed by atoms with van der Waals surface area (Å²) >= 11 is 0. The number of amides is 2. The van der Waals surface area contributed by atoms with Crippen molar-refractivity contribution in [3.63, 3.8) is 0 Å². The zero-order valence-corrected chi connectivity index (χ0v) is 20.2. The molecule has 2 aromatic heterocycles. The van der Waals surface area contributed by atoms with Crippen LogP contribution in [0, 0.1) is 5.92 Å². The Labute approximate surface area is 193 Å². The number of benzene rings is 1. The number of nitrogens with one attached hydrogen (secondary N) is 2. The number of alkyl carbamates (subject to hydrolysis) is 1. The third kappa shape index (κ3) is 6.19. The van der Waals surface area contributed by atoms with Gasteiger partial charge in [0.1, 0.15) is 30.1 Å². The summed E-state index contributed by atoms with van der Waals surface area (Å²) in [6.45, 7) is 12.9. The standard InChI is InChI=1S/C24H33N5O4/c1-7-32-14-18-27-20-21(29(18)13-15(2)3)16-10-8-9-11-17(16)26-22(20)28-19(30)12-25-23(31)33-24(4,5)6/h8-11,15H,7,12-14H2,1-6H3,(H,25,31)(H,26,28,30). The Morgan fingerprint density at radius 3 is 2.55 bits per heavy atom. The van der Waals surface area contributed by atoms with Gasteiger partial charge in [-0.05, 0) is 39.7 Å². The lowest BCUT2D eigenvalue weighted by Crippen LogP contribution is -2.37. The Morgan fingerprint density at radius 1 is 1.15 bits per heavy atom. The topological polar surface area (TPSA) is 107 Å². The maximum Gasteiger partial charge on any atom is 0.408 e. The lowest BCUT2D eigenvalue weighted by molar-refractivity contribution is -0.115. The third-order valence-electron chi connectivity index (χ3n) is 4.70. The van der Waals surface area contributed by atoms with Crippen LogP contribution < -0.4 is 10.6 Å². The maximum absolute atomic E-state index is 12.6. The van der Waals surface area contributed by atoms with E-state index < -0.39 is 17.6 Å². The van der Waals surface area contributed by atoms with Gasteiger partial charge in [0, 0.05) is 18.5 Å². The second kappa shape index (κ2) is 10.2. The highest BCUT2D eigenvalue weighted by molar-refractivity contribution is 6.10. The van der Waals surface area contributed by atoms with Gasteiger partial charge in [0.25, 0.3) is 0 Å². The first-order valence-corrected chi connectivity index (χ1v) is 11.2. The fraction of sp³-hybridized carbons (Fsp3) is 0.500. The molecule has 0 atom stereocenters. The average Bonchev–Trinajstić information content (AvgIpc) is 3.08. The van der Waals surface area contributed by atoms with Crippen LogP contribution in [0.25, 0.3) is 21.9 Å². The van der Waals surface area contributed by atoms with E-state index in [1.807, 2.05) is 31.2 Å². The lowest BCUT2D eigenvalue weighted by Gasteiger charge is -2.19. The van der Waals surface area contributed by atoms with Gasteiger partial charge in [-0.15, -0.1) is 0 Å². The van der Waals surface area contributed by atoms with Crippen molar-refractivity contribution in [2.24, 2.45) is 5.92 Å². The molecule has 9 nitrogen and oxygen atoms in total. The van der Waals surface area contributed by atoms with Crippen molar-refractivity contribution in [3.8, 4) is 0 Å². The molecule has 0 aliphatic carbocycles. The fourth-order valence-corrected chi connectivity index (χ4v) is 3.48. The van der Waals surface area contributed by atoms with E-state index in [9.17, 15) is 9.59 Å². The van der Waals surface area contributed by atoms with E-state index in [4.69, 9.17) is 14.5 Å². The van der Waals surface area contributed by atoms with Crippen LogP contribution in [0.4, 0.5) is 10.6 Å². The van der Waals surface area contributed by atoms with Crippen molar-refractivity contribution in [1.82, 2.24) is 19.9 Å². The summed E-state index contributed by atoms with van der Waals surface area (Å²) in [5, 5.41) is 6.23. The largest absolute Gasteiger partial charge is 0.444 e. The van der Waals surface area contributed by atoms with Crippen LogP contribution >= 0.6 is 0 Å². The maximum atomic E-state index is 12.6. The van der Waals surface area contributed by atoms with E-state index in [-0.39, 0.29) is 6.54 Å². The quantitative estimate of drug-likeness (QED) is 0.526. The molecular weight excluding hydrogens is 422 g/mol. The van der Waals surface area contributed by atoms with Gasteiger partial charge in [0.2, 0.25) is 5.91 Å². The Hall–Kier alpha value is -3.20. The first kappa shape index (κ1) is 24.4. The summed E-state index contributed by atoms with van der Waals surface area (Å²) in [5.41, 5.74) is 1.59. The lowest BCUT2D eigenvalue weighted by atomic mass is 10.1. The molecule has 0 saturated heterocycles. The number of para-hydroxylation sites is 1. The summed E-state index contributed by atoms with van der Waals surface area (Å²) in [5.74, 6) is 1.08. The molecule has 3 rings (SSSR count). The van der Waals surface area contributed by atoms with Crippen molar-refractivity contribution in [2.45, 2.75) is 60.3 Å². The van der Waals surface area contributed by atoms with Crippen molar-refractivity contribution >= 4 is 39.8 Å². The molecule has 3 aromatic rings. The second-order valence-electron chi connectivity index (χ2n) is 9.25. The SMILES string of the molecule is CCOCc1nc2c(NC(=O)CNC(=O)OC(C)(C)C)nc3ccccc3c2n1CC(C)C. The van der Waals surface area contributed by atoms with Crippen molar-refractivity contribution in [1.29, 1.82) is 0 Å². The first-order valence-electron chi connectivity index (χ1n) is 11.2. The molecule has 0 aliphatic rings. The fourth-order valence-electron chi connectivity index (χ4n) is 3.48. The average molecular weight is 456 g/mol. The number of anilines is 1. The molecule has 0 aliphatic heterocycles. The Kier molecular flexibility index (Phi) is 7.53. The second-order valence-corrected chi connectivity index (χ2v) is 9.25. The number of hydrogen-bond donors (Lipinski definition) is 2. The molecule has 2 amide bonds. The summed E-state index contributed by atoms with van der Waals surface area (Å²) < 4.78 is 13.0. The van der Waals surface area contributed by atoms with Gasteiger partial charge in [-0.2, -0.15) is 0 Å². The van der Waals surface area contributed by atoms with Crippen LogP contribution in [0.15, 0.2) is 24.3 Å². The summed E-state index contributed by atoms with van der Waals surface area (Å²) in [7, 11) is 0. The van der Waals surface area contributed by atoms with E-state index in [2.05, 4.69) is 34.0 Å². The summed E-state index contributed by atoms with van der Waals surface area (Å²) in [6.07, 6.45) is -0.658. The van der Waals surface area contributed by atoms with E-state index in [0.29, 0.717) is 30.5 Å².